The second-order valence-corrected chi connectivity index (χ2v) is 6.99. The number of hydrogen-bond donors (Lipinski definition) is 0. The molecule has 2 heterocycles. The number of fused-ring (bicyclic) bond motifs is 3. The third-order valence-electron chi connectivity index (χ3n) is 5.21. The molecule has 0 spiro atoms. The molecule has 0 saturated heterocycles. The van der Waals surface area contributed by atoms with Crippen LogP contribution in [-0.2, 0) is 12.7 Å². The van der Waals surface area contributed by atoms with Gasteiger partial charge in [-0.15, -0.1) is 0 Å². The highest BCUT2D eigenvalue weighted by molar-refractivity contribution is 6.56. The minimum absolute atomic E-state index is 0.114. The smallest absolute Gasteiger partial charge is 0.192 e. The summed E-state index contributed by atoms with van der Waals surface area (Å²) in [6.07, 6.45) is 1.51. The standard InChI is InChI=1S/C24H17BNO/c27-24-20-7-3-1-6-18(20)15-25-22-12-9-16(14-21(22)24)13-19-11-10-17-5-2-4-8-23(17)26-19/h1-12,14H,13,15H2. The van der Waals surface area contributed by atoms with Crippen molar-refractivity contribution in [3.63, 3.8) is 0 Å². The molecule has 1 aliphatic rings. The molecule has 0 aliphatic carbocycles. The zero-order valence-electron chi connectivity index (χ0n) is 14.9. The van der Waals surface area contributed by atoms with Gasteiger partial charge in [0.2, 0.25) is 0 Å². The predicted octanol–water partition coefficient (Wildman–Crippen LogP) is 3.90. The van der Waals surface area contributed by atoms with Gasteiger partial charge in [0.05, 0.1) is 5.52 Å². The maximum absolute atomic E-state index is 13.1. The average molecular weight is 346 g/mol. The molecule has 1 aromatic heterocycles. The van der Waals surface area contributed by atoms with Crippen LogP contribution in [0.25, 0.3) is 10.9 Å². The maximum atomic E-state index is 13.1. The van der Waals surface area contributed by atoms with E-state index in [-0.39, 0.29) is 5.78 Å². The van der Waals surface area contributed by atoms with E-state index in [0.29, 0.717) is 6.42 Å². The normalized spacial score (nSPS) is 12.8. The van der Waals surface area contributed by atoms with Crippen molar-refractivity contribution in [1.82, 2.24) is 4.98 Å². The molecular weight excluding hydrogens is 329 g/mol. The summed E-state index contributed by atoms with van der Waals surface area (Å²) in [7, 11) is 2.15. The summed E-state index contributed by atoms with van der Waals surface area (Å²) in [6, 6.07) is 26.4. The monoisotopic (exact) mass is 346 g/mol. The third kappa shape index (κ3) is 2.95. The molecule has 0 N–H and O–H groups in total. The number of aromatic nitrogens is 1. The van der Waals surface area contributed by atoms with Crippen LogP contribution in [0.3, 0.4) is 0 Å². The fourth-order valence-corrected chi connectivity index (χ4v) is 3.79. The Hall–Kier alpha value is -3.20. The molecule has 0 amide bonds. The summed E-state index contributed by atoms with van der Waals surface area (Å²) >= 11 is 0. The molecule has 2 nitrogen and oxygen atoms in total. The van der Waals surface area contributed by atoms with E-state index < -0.39 is 0 Å². The van der Waals surface area contributed by atoms with E-state index in [9.17, 15) is 4.79 Å². The van der Waals surface area contributed by atoms with Gasteiger partial charge in [-0.1, -0.05) is 66.1 Å². The Bertz CT molecular complexity index is 1180. The molecule has 0 atom stereocenters. The van der Waals surface area contributed by atoms with Crippen molar-refractivity contribution in [3.8, 4) is 0 Å². The third-order valence-corrected chi connectivity index (χ3v) is 5.21. The summed E-state index contributed by atoms with van der Waals surface area (Å²) in [5, 5.41) is 1.14. The molecule has 3 heteroatoms. The number of hydrogen-bond acceptors (Lipinski definition) is 2. The van der Waals surface area contributed by atoms with E-state index in [1.807, 2.05) is 48.5 Å². The van der Waals surface area contributed by atoms with Gasteiger partial charge in [0.1, 0.15) is 0 Å². The lowest BCUT2D eigenvalue weighted by molar-refractivity contribution is 0.103. The van der Waals surface area contributed by atoms with Crippen molar-refractivity contribution >= 4 is 29.4 Å². The van der Waals surface area contributed by atoms with E-state index in [0.717, 1.165) is 50.6 Å². The van der Waals surface area contributed by atoms with Gasteiger partial charge in [0.15, 0.2) is 13.1 Å². The number of pyridine rings is 1. The number of carbonyl (C=O) groups is 1. The van der Waals surface area contributed by atoms with Crippen LogP contribution in [0, 0.1) is 0 Å². The topological polar surface area (TPSA) is 30.0 Å². The summed E-state index contributed by atoms with van der Waals surface area (Å²) in [5.41, 5.74) is 6.84. The number of nitrogens with zero attached hydrogens (tertiary/aromatic N) is 1. The van der Waals surface area contributed by atoms with Crippen LogP contribution in [-0.4, -0.2) is 18.0 Å². The Morgan fingerprint density at radius 3 is 2.67 bits per heavy atom. The first kappa shape index (κ1) is 16.0. The van der Waals surface area contributed by atoms with Crippen molar-refractivity contribution in [2.45, 2.75) is 12.7 Å². The quantitative estimate of drug-likeness (QED) is 0.515. The highest BCUT2D eigenvalue weighted by Gasteiger charge is 2.21. The van der Waals surface area contributed by atoms with Crippen molar-refractivity contribution in [2.75, 3.05) is 0 Å². The highest BCUT2D eigenvalue weighted by Crippen LogP contribution is 2.20. The minimum Gasteiger partial charge on any atom is -0.289 e. The summed E-state index contributed by atoms with van der Waals surface area (Å²) in [5.74, 6) is 0.114. The van der Waals surface area contributed by atoms with E-state index in [4.69, 9.17) is 4.98 Å². The van der Waals surface area contributed by atoms with E-state index in [2.05, 4.69) is 37.6 Å². The van der Waals surface area contributed by atoms with Gasteiger partial charge in [-0.05, 0) is 35.6 Å². The molecule has 0 saturated carbocycles. The van der Waals surface area contributed by atoms with E-state index in [1.165, 1.54) is 0 Å². The molecule has 5 rings (SSSR count). The highest BCUT2D eigenvalue weighted by atomic mass is 16.1. The Labute approximate surface area is 159 Å². The zero-order chi connectivity index (χ0) is 18.2. The number of carbonyl (C=O) groups excluding carboxylic acids is 1. The molecule has 1 radical (unpaired) electrons. The van der Waals surface area contributed by atoms with Crippen LogP contribution in [0.15, 0.2) is 78.9 Å². The van der Waals surface area contributed by atoms with Crippen LogP contribution >= 0.6 is 0 Å². The Morgan fingerprint density at radius 1 is 0.852 bits per heavy atom. The van der Waals surface area contributed by atoms with Crippen molar-refractivity contribution < 1.29 is 4.79 Å². The Balaban J connectivity index is 1.51. The lowest BCUT2D eigenvalue weighted by atomic mass is 9.65. The van der Waals surface area contributed by atoms with Gasteiger partial charge in [0, 0.05) is 28.6 Å². The molecule has 1 aliphatic heterocycles. The van der Waals surface area contributed by atoms with Crippen LogP contribution in [0.1, 0.15) is 32.7 Å². The van der Waals surface area contributed by atoms with Gasteiger partial charge in [-0.2, -0.15) is 0 Å². The molecule has 0 bridgehead atoms. The number of rotatable bonds is 2. The van der Waals surface area contributed by atoms with Crippen molar-refractivity contribution in [1.29, 1.82) is 0 Å². The first-order chi connectivity index (χ1) is 13.3. The van der Waals surface area contributed by atoms with Gasteiger partial charge in [0.25, 0.3) is 0 Å². The fraction of sp³-hybridized carbons (Fsp3) is 0.0833. The van der Waals surface area contributed by atoms with Gasteiger partial charge in [-0.25, -0.2) is 0 Å². The molecule has 0 fully saturated rings. The molecule has 127 valence electrons. The summed E-state index contributed by atoms with van der Waals surface area (Å²) < 4.78 is 0. The average Bonchev–Trinajstić information content (AvgIpc) is 2.85. The summed E-state index contributed by atoms with van der Waals surface area (Å²) in [4.78, 5) is 17.8. The van der Waals surface area contributed by atoms with Gasteiger partial charge >= 0.3 is 0 Å². The van der Waals surface area contributed by atoms with E-state index >= 15 is 0 Å². The SMILES string of the molecule is O=C1c2cc(Cc3ccc4ccccc4n3)ccc2[B]Cc2ccccc21. The molecule has 3 aromatic carbocycles. The minimum atomic E-state index is 0.114. The number of para-hydroxylation sites is 1. The van der Waals surface area contributed by atoms with Crippen LogP contribution < -0.4 is 5.46 Å². The van der Waals surface area contributed by atoms with Crippen molar-refractivity contribution in [2.24, 2.45) is 0 Å². The number of benzene rings is 3. The maximum Gasteiger partial charge on any atom is 0.192 e. The second-order valence-electron chi connectivity index (χ2n) is 6.99. The zero-order valence-corrected chi connectivity index (χ0v) is 14.9. The fourth-order valence-electron chi connectivity index (χ4n) is 3.79. The Kier molecular flexibility index (Phi) is 3.86. The Morgan fingerprint density at radius 2 is 1.70 bits per heavy atom. The second kappa shape index (κ2) is 6.51. The molecule has 4 aromatic rings. The first-order valence-corrected chi connectivity index (χ1v) is 9.21. The molecular formula is C24H17BNO. The first-order valence-electron chi connectivity index (χ1n) is 9.21. The van der Waals surface area contributed by atoms with Gasteiger partial charge in [-0.3, -0.25) is 9.78 Å². The summed E-state index contributed by atoms with van der Waals surface area (Å²) in [6.45, 7) is 0. The lowest BCUT2D eigenvalue weighted by Crippen LogP contribution is -2.21. The van der Waals surface area contributed by atoms with Crippen LogP contribution in [0.5, 0.6) is 0 Å². The lowest BCUT2D eigenvalue weighted by Gasteiger charge is -2.09. The largest absolute Gasteiger partial charge is 0.289 e. The van der Waals surface area contributed by atoms with Crippen molar-refractivity contribution in [3.05, 3.63) is 107 Å². The molecule has 27 heavy (non-hydrogen) atoms. The number of ketones is 1. The predicted molar refractivity (Wildman–Crippen MR) is 110 cm³/mol. The van der Waals surface area contributed by atoms with Crippen LogP contribution in [0.4, 0.5) is 0 Å². The van der Waals surface area contributed by atoms with Gasteiger partial charge < -0.3 is 0 Å². The van der Waals surface area contributed by atoms with E-state index in [1.54, 1.807) is 0 Å². The van der Waals surface area contributed by atoms with Crippen LogP contribution in [0.2, 0.25) is 0 Å². The molecule has 0 unspecified atom stereocenters.